The van der Waals surface area contributed by atoms with Crippen LogP contribution in [0.1, 0.15) is 46.0 Å². The maximum absolute atomic E-state index is 12.6. The molecule has 0 saturated carbocycles. The van der Waals surface area contributed by atoms with Crippen LogP contribution in [0.4, 0.5) is 4.79 Å². The maximum Gasteiger partial charge on any atom is 0.407 e. The Kier molecular flexibility index (Phi) is 5.81. The second-order valence-corrected chi connectivity index (χ2v) is 7.65. The number of nitrogens with zero attached hydrogens (tertiary/aromatic N) is 1. The molecule has 0 unspecified atom stereocenters. The number of alkyl carbamates (subject to hydrolysis) is 1. The van der Waals surface area contributed by atoms with E-state index in [4.69, 9.17) is 9.47 Å². The molecular weight excluding hydrogens is 384 g/mol. The van der Waals surface area contributed by atoms with Crippen molar-refractivity contribution < 1.29 is 23.9 Å². The Morgan fingerprint density at radius 3 is 2.30 bits per heavy atom. The van der Waals surface area contributed by atoms with Crippen molar-refractivity contribution in [2.45, 2.75) is 44.6 Å². The molecule has 2 aliphatic rings. The van der Waals surface area contributed by atoms with Gasteiger partial charge >= 0.3 is 6.09 Å². The van der Waals surface area contributed by atoms with E-state index in [-0.39, 0.29) is 30.5 Å². The minimum atomic E-state index is -0.471. The van der Waals surface area contributed by atoms with E-state index in [1.54, 1.807) is 24.3 Å². The standard InChI is InChI=1S/C23H24N2O5/c1-15(25-21(26)17-9-5-6-10-18(17)22(25)27)11-12-19-20(30-23(28)24-19)14-29-13-16-7-3-2-4-8-16/h2-10,15,19-20H,11-14H2,1H3,(H,24,28)/t15-,19+,20+/m1/s1. The summed E-state index contributed by atoms with van der Waals surface area (Å²) in [6.45, 7) is 2.56. The predicted octanol–water partition coefficient (Wildman–Crippen LogP) is 3.15. The molecule has 0 bridgehead atoms. The summed E-state index contributed by atoms with van der Waals surface area (Å²) in [5, 5.41) is 2.81. The van der Waals surface area contributed by atoms with Crippen molar-refractivity contribution in [2.75, 3.05) is 6.61 Å². The summed E-state index contributed by atoms with van der Waals surface area (Å²) in [5.41, 5.74) is 1.93. The van der Waals surface area contributed by atoms with Gasteiger partial charge in [0.25, 0.3) is 11.8 Å². The highest BCUT2D eigenvalue weighted by atomic mass is 16.6. The fraction of sp³-hybridized carbons (Fsp3) is 0.348. The van der Waals surface area contributed by atoms with Crippen LogP contribution in [0.5, 0.6) is 0 Å². The van der Waals surface area contributed by atoms with E-state index >= 15 is 0 Å². The molecule has 30 heavy (non-hydrogen) atoms. The molecule has 0 spiro atoms. The van der Waals surface area contributed by atoms with Gasteiger partial charge in [-0.25, -0.2) is 4.79 Å². The van der Waals surface area contributed by atoms with Gasteiger partial charge in [-0.2, -0.15) is 0 Å². The molecule has 2 heterocycles. The highest BCUT2D eigenvalue weighted by molar-refractivity contribution is 6.21. The predicted molar refractivity (Wildman–Crippen MR) is 109 cm³/mol. The van der Waals surface area contributed by atoms with Gasteiger partial charge in [-0.05, 0) is 37.5 Å². The third-order valence-corrected chi connectivity index (χ3v) is 5.57. The van der Waals surface area contributed by atoms with E-state index in [0.29, 0.717) is 30.6 Å². The molecule has 3 atom stereocenters. The van der Waals surface area contributed by atoms with Gasteiger partial charge in [0, 0.05) is 6.04 Å². The third-order valence-electron chi connectivity index (χ3n) is 5.57. The number of carbonyl (C=O) groups is 3. The number of ether oxygens (including phenoxy) is 2. The number of fused-ring (bicyclic) bond motifs is 1. The van der Waals surface area contributed by atoms with E-state index in [1.165, 1.54) is 4.90 Å². The zero-order valence-electron chi connectivity index (χ0n) is 16.7. The minimum Gasteiger partial charge on any atom is -0.442 e. The molecule has 1 N–H and O–H groups in total. The number of hydrogen-bond donors (Lipinski definition) is 1. The summed E-state index contributed by atoms with van der Waals surface area (Å²) in [6, 6.07) is 16.1. The molecule has 0 radical (unpaired) electrons. The first kappa shape index (κ1) is 20.1. The van der Waals surface area contributed by atoms with Crippen LogP contribution in [-0.4, -0.2) is 47.6 Å². The van der Waals surface area contributed by atoms with Crippen molar-refractivity contribution in [1.29, 1.82) is 0 Å². The van der Waals surface area contributed by atoms with Crippen LogP contribution in [0.3, 0.4) is 0 Å². The lowest BCUT2D eigenvalue weighted by Gasteiger charge is -2.24. The highest BCUT2D eigenvalue weighted by Gasteiger charge is 2.39. The summed E-state index contributed by atoms with van der Waals surface area (Å²) in [7, 11) is 0. The summed E-state index contributed by atoms with van der Waals surface area (Å²) in [5.74, 6) is -0.532. The topological polar surface area (TPSA) is 84.9 Å². The maximum atomic E-state index is 12.6. The molecule has 1 saturated heterocycles. The first-order valence-electron chi connectivity index (χ1n) is 10.1. The summed E-state index contributed by atoms with van der Waals surface area (Å²) < 4.78 is 11.1. The third kappa shape index (κ3) is 4.07. The molecule has 4 rings (SSSR count). The van der Waals surface area contributed by atoms with E-state index in [2.05, 4.69) is 5.32 Å². The SMILES string of the molecule is C[C@H](CC[C@@H]1NC(=O)O[C@H]1COCc1ccccc1)N1C(=O)c2ccccc2C1=O. The molecule has 156 valence electrons. The number of amides is 3. The number of rotatable bonds is 8. The molecule has 0 aliphatic carbocycles. The Morgan fingerprint density at radius 2 is 1.63 bits per heavy atom. The van der Waals surface area contributed by atoms with Crippen LogP contribution in [0, 0.1) is 0 Å². The van der Waals surface area contributed by atoms with Crippen LogP contribution in [0.2, 0.25) is 0 Å². The van der Waals surface area contributed by atoms with Crippen LogP contribution in [0.15, 0.2) is 54.6 Å². The fourth-order valence-electron chi connectivity index (χ4n) is 3.93. The summed E-state index contributed by atoms with van der Waals surface area (Å²) >= 11 is 0. The number of benzene rings is 2. The molecule has 2 aromatic carbocycles. The lowest BCUT2D eigenvalue weighted by atomic mass is 10.0. The molecule has 0 aromatic heterocycles. The van der Waals surface area contributed by atoms with Crippen molar-refractivity contribution in [2.24, 2.45) is 0 Å². The lowest BCUT2D eigenvalue weighted by Crippen LogP contribution is -2.40. The van der Waals surface area contributed by atoms with Gasteiger partial charge < -0.3 is 14.8 Å². The van der Waals surface area contributed by atoms with Crippen LogP contribution in [0.25, 0.3) is 0 Å². The molecule has 3 amide bonds. The van der Waals surface area contributed by atoms with Gasteiger partial charge in [-0.15, -0.1) is 0 Å². The van der Waals surface area contributed by atoms with Gasteiger partial charge in [0.05, 0.1) is 30.4 Å². The molecular formula is C23H24N2O5. The number of nitrogens with one attached hydrogen (secondary N) is 1. The van der Waals surface area contributed by atoms with Gasteiger partial charge in [0.15, 0.2) is 0 Å². The highest BCUT2D eigenvalue weighted by Crippen LogP contribution is 2.27. The van der Waals surface area contributed by atoms with E-state index in [1.807, 2.05) is 37.3 Å². The molecule has 7 heteroatoms. The monoisotopic (exact) mass is 408 g/mol. The Labute approximate surface area is 175 Å². The zero-order chi connectivity index (χ0) is 21.1. The van der Waals surface area contributed by atoms with Crippen LogP contribution in [-0.2, 0) is 16.1 Å². The molecule has 7 nitrogen and oxygen atoms in total. The van der Waals surface area contributed by atoms with Crippen LogP contribution < -0.4 is 5.32 Å². The van der Waals surface area contributed by atoms with Gasteiger partial charge in [0.2, 0.25) is 0 Å². The first-order valence-corrected chi connectivity index (χ1v) is 10.1. The van der Waals surface area contributed by atoms with E-state index < -0.39 is 12.2 Å². The quantitative estimate of drug-likeness (QED) is 0.679. The molecule has 2 aromatic rings. The summed E-state index contributed by atoms with van der Waals surface area (Å²) in [4.78, 5) is 38.3. The van der Waals surface area contributed by atoms with Crippen molar-refractivity contribution in [3.63, 3.8) is 0 Å². The van der Waals surface area contributed by atoms with Crippen molar-refractivity contribution in [3.8, 4) is 0 Å². The molecule has 1 fully saturated rings. The average Bonchev–Trinajstić information content (AvgIpc) is 3.24. The number of carbonyl (C=O) groups excluding carboxylic acids is 3. The van der Waals surface area contributed by atoms with E-state index in [9.17, 15) is 14.4 Å². The Morgan fingerprint density at radius 1 is 1.00 bits per heavy atom. The van der Waals surface area contributed by atoms with Crippen molar-refractivity contribution in [1.82, 2.24) is 10.2 Å². The van der Waals surface area contributed by atoms with E-state index in [0.717, 1.165) is 5.56 Å². The van der Waals surface area contributed by atoms with Crippen molar-refractivity contribution >= 4 is 17.9 Å². The average molecular weight is 408 g/mol. The van der Waals surface area contributed by atoms with Gasteiger partial charge in [0.1, 0.15) is 6.10 Å². The smallest absolute Gasteiger partial charge is 0.407 e. The minimum absolute atomic E-state index is 0.231. The molecule has 2 aliphatic heterocycles. The number of imide groups is 1. The zero-order valence-corrected chi connectivity index (χ0v) is 16.7. The van der Waals surface area contributed by atoms with Crippen LogP contribution >= 0.6 is 0 Å². The normalized spacial score (nSPS) is 21.4. The Balaban J connectivity index is 1.31. The van der Waals surface area contributed by atoms with Gasteiger partial charge in [-0.3, -0.25) is 14.5 Å². The number of cyclic esters (lactones) is 1. The first-order chi connectivity index (χ1) is 14.5. The Hall–Kier alpha value is -3.19. The second-order valence-electron chi connectivity index (χ2n) is 7.65. The fourth-order valence-corrected chi connectivity index (χ4v) is 3.93. The lowest BCUT2D eigenvalue weighted by molar-refractivity contribution is 0.0254. The second kappa shape index (κ2) is 8.67. The Bertz CT molecular complexity index is 911. The van der Waals surface area contributed by atoms with Gasteiger partial charge in [-0.1, -0.05) is 42.5 Å². The van der Waals surface area contributed by atoms with Crippen molar-refractivity contribution in [3.05, 3.63) is 71.3 Å². The number of hydrogen-bond acceptors (Lipinski definition) is 5. The summed E-state index contributed by atoms with van der Waals surface area (Å²) in [6.07, 6.45) is 0.242. The largest absolute Gasteiger partial charge is 0.442 e.